The lowest BCUT2D eigenvalue weighted by Gasteiger charge is -2.09. The number of amides is 2. The van der Waals surface area contributed by atoms with Crippen LogP contribution < -0.4 is 16.0 Å². The smallest absolute Gasteiger partial charge is 0.274 e. The van der Waals surface area contributed by atoms with E-state index < -0.39 is 0 Å². The normalized spacial score (nSPS) is 10.1. The molecular weight excluding hydrogens is 342 g/mol. The second kappa shape index (κ2) is 8.57. The van der Waals surface area contributed by atoms with E-state index in [4.69, 9.17) is 0 Å². The molecule has 0 bridgehead atoms. The van der Waals surface area contributed by atoms with Gasteiger partial charge in [-0.15, -0.1) is 0 Å². The topological polar surface area (TPSA) is 96.0 Å². The van der Waals surface area contributed by atoms with Gasteiger partial charge in [-0.2, -0.15) is 0 Å². The molecule has 0 saturated heterocycles. The molecule has 0 fully saturated rings. The van der Waals surface area contributed by atoms with Gasteiger partial charge in [-0.3, -0.25) is 19.6 Å². The standard InChI is InChI=1S/C20H19N5O2/c1-14(26)24-17-5-2-6-18(10-17)25-20(27)19-11-16(7-9-22-19)23-13-15-4-3-8-21-12-15/h2-12H,13H2,1H3,(H,22,23)(H,24,26)(H,25,27). The minimum atomic E-state index is -0.333. The van der Waals surface area contributed by atoms with Gasteiger partial charge in [-0.05, 0) is 42.0 Å². The van der Waals surface area contributed by atoms with Gasteiger partial charge in [-0.25, -0.2) is 0 Å². The number of hydrogen-bond acceptors (Lipinski definition) is 5. The van der Waals surface area contributed by atoms with E-state index >= 15 is 0 Å². The molecule has 2 aromatic heterocycles. The fraction of sp³-hybridized carbons (Fsp3) is 0.100. The van der Waals surface area contributed by atoms with Crippen LogP contribution in [0.2, 0.25) is 0 Å². The molecule has 7 nitrogen and oxygen atoms in total. The number of hydrogen-bond donors (Lipinski definition) is 3. The summed E-state index contributed by atoms with van der Waals surface area (Å²) in [6.45, 7) is 2.02. The largest absolute Gasteiger partial charge is 0.381 e. The highest BCUT2D eigenvalue weighted by atomic mass is 16.2. The van der Waals surface area contributed by atoms with Gasteiger partial charge in [0.2, 0.25) is 5.91 Å². The summed E-state index contributed by atoms with van der Waals surface area (Å²) in [6, 6.07) is 14.2. The van der Waals surface area contributed by atoms with E-state index in [0.29, 0.717) is 17.9 Å². The molecule has 0 spiro atoms. The highest BCUT2D eigenvalue weighted by Gasteiger charge is 2.09. The third-order valence-corrected chi connectivity index (χ3v) is 3.65. The van der Waals surface area contributed by atoms with Crippen LogP contribution in [0.3, 0.4) is 0 Å². The van der Waals surface area contributed by atoms with Gasteiger partial charge in [0, 0.05) is 49.1 Å². The van der Waals surface area contributed by atoms with Crippen molar-refractivity contribution in [3.05, 3.63) is 78.4 Å². The predicted octanol–water partition coefficient (Wildman–Crippen LogP) is 3.30. The van der Waals surface area contributed by atoms with Gasteiger partial charge < -0.3 is 16.0 Å². The number of benzene rings is 1. The molecule has 3 N–H and O–H groups in total. The lowest BCUT2D eigenvalue weighted by molar-refractivity contribution is -0.114. The fourth-order valence-electron chi connectivity index (χ4n) is 2.44. The van der Waals surface area contributed by atoms with Crippen LogP contribution >= 0.6 is 0 Å². The number of nitrogens with zero attached hydrogens (tertiary/aromatic N) is 2. The Kier molecular flexibility index (Phi) is 5.73. The molecular formula is C20H19N5O2. The average molecular weight is 361 g/mol. The number of aromatic nitrogens is 2. The number of nitrogens with one attached hydrogen (secondary N) is 3. The molecule has 0 aliphatic rings. The Morgan fingerprint density at radius 1 is 0.926 bits per heavy atom. The van der Waals surface area contributed by atoms with Crippen LogP contribution in [0, 0.1) is 0 Å². The van der Waals surface area contributed by atoms with Gasteiger partial charge in [0.05, 0.1) is 0 Å². The van der Waals surface area contributed by atoms with Crippen LogP contribution in [0.4, 0.5) is 17.1 Å². The van der Waals surface area contributed by atoms with Crippen molar-refractivity contribution in [3.8, 4) is 0 Å². The second-order valence-corrected chi connectivity index (χ2v) is 5.86. The Morgan fingerprint density at radius 2 is 1.74 bits per heavy atom. The van der Waals surface area contributed by atoms with E-state index in [1.165, 1.54) is 6.92 Å². The Balaban J connectivity index is 1.65. The van der Waals surface area contributed by atoms with Crippen molar-refractivity contribution < 1.29 is 9.59 Å². The first-order chi connectivity index (χ1) is 13.1. The van der Waals surface area contributed by atoms with Crippen molar-refractivity contribution in [2.24, 2.45) is 0 Å². The molecule has 0 atom stereocenters. The zero-order valence-electron chi connectivity index (χ0n) is 14.8. The van der Waals surface area contributed by atoms with Crippen molar-refractivity contribution in [3.63, 3.8) is 0 Å². The highest BCUT2D eigenvalue weighted by Crippen LogP contribution is 2.17. The molecule has 0 saturated carbocycles. The van der Waals surface area contributed by atoms with Gasteiger partial charge in [-0.1, -0.05) is 12.1 Å². The van der Waals surface area contributed by atoms with Gasteiger partial charge >= 0.3 is 0 Å². The summed E-state index contributed by atoms with van der Waals surface area (Å²) < 4.78 is 0. The number of anilines is 3. The number of carbonyl (C=O) groups is 2. The minimum Gasteiger partial charge on any atom is -0.381 e. The summed E-state index contributed by atoms with van der Waals surface area (Å²) in [6.07, 6.45) is 5.08. The van der Waals surface area contributed by atoms with E-state index in [1.807, 2.05) is 12.1 Å². The molecule has 2 amide bonds. The third-order valence-electron chi connectivity index (χ3n) is 3.65. The summed E-state index contributed by atoms with van der Waals surface area (Å²) in [5.74, 6) is -0.507. The first-order valence-electron chi connectivity index (χ1n) is 8.38. The monoisotopic (exact) mass is 361 g/mol. The lowest BCUT2D eigenvalue weighted by Crippen LogP contribution is -2.14. The van der Waals surface area contributed by atoms with Crippen molar-refractivity contribution in [2.45, 2.75) is 13.5 Å². The van der Waals surface area contributed by atoms with E-state index in [1.54, 1.807) is 55.0 Å². The molecule has 0 aliphatic heterocycles. The Morgan fingerprint density at radius 3 is 2.48 bits per heavy atom. The predicted molar refractivity (Wildman–Crippen MR) is 104 cm³/mol. The number of rotatable bonds is 6. The van der Waals surface area contributed by atoms with Gasteiger partial charge in [0.25, 0.3) is 5.91 Å². The van der Waals surface area contributed by atoms with Gasteiger partial charge in [0.15, 0.2) is 0 Å². The van der Waals surface area contributed by atoms with E-state index in [2.05, 4.69) is 25.9 Å². The zero-order chi connectivity index (χ0) is 19.1. The van der Waals surface area contributed by atoms with Crippen LogP contribution in [0.5, 0.6) is 0 Å². The van der Waals surface area contributed by atoms with E-state index in [9.17, 15) is 9.59 Å². The van der Waals surface area contributed by atoms with Gasteiger partial charge in [0.1, 0.15) is 5.69 Å². The summed E-state index contributed by atoms with van der Waals surface area (Å²) in [5, 5.41) is 8.70. The number of pyridine rings is 2. The van der Waals surface area contributed by atoms with Crippen LogP contribution in [0.1, 0.15) is 23.0 Å². The molecule has 0 unspecified atom stereocenters. The first kappa shape index (κ1) is 18.1. The molecule has 3 aromatic rings. The zero-order valence-corrected chi connectivity index (χ0v) is 14.8. The SMILES string of the molecule is CC(=O)Nc1cccc(NC(=O)c2cc(NCc3cccnc3)ccn2)c1. The average Bonchev–Trinajstić information content (AvgIpc) is 2.67. The van der Waals surface area contributed by atoms with Crippen molar-refractivity contribution in [2.75, 3.05) is 16.0 Å². The highest BCUT2D eigenvalue weighted by molar-refractivity contribution is 6.03. The molecule has 7 heteroatoms. The van der Waals surface area contributed by atoms with Crippen molar-refractivity contribution >= 4 is 28.9 Å². The Bertz CT molecular complexity index is 944. The fourth-order valence-corrected chi connectivity index (χ4v) is 2.44. The maximum atomic E-state index is 12.5. The molecule has 1 aromatic carbocycles. The van der Waals surface area contributed by atoms with Crippen LogP contribution in [-0.4, -0.2) is 21.8 Å². The molecule has 136 valence electrons. The maximum absolute atomic E-state index is 12.5. The molecule has 0 aliphatic carbocycles. The first-order valence-corrected chi connectivity index (χ1v) is 8.38. The van der Waals surface area contributed by atoms with Crippen molar-refractivity contribution in [1.82, 2.24) is 9.97 Å². The summed E-state index contributed by atoms with van der Waals surface area (Å²) in [4.78, 5) is 31.8. The summed E-state index contributed by atoms with van der Waals surface area (Å²) >= 11 is 0. The minimum absolute atomic E-state index is 0.174. The van der Waals surface area contributed by atoms with Crippen LogP contribution in [0.25, 0.3) is 0 Å². The van der Waals surface area contributed by atoms with Crippen molar-refractivity contribution in [1.29, 1.82) is 0 Å². The quantitative estimate of drug-likeness (QED) is 0.626. The second-order valence-electron chi connectivity index (χ2n) is 5.86. The van der Waals surface area contributed by atoms with Crippen LogP contribution in [0.15, 0.2) is 67.1 Å². The summed E-state index contributed by atoms with van der Waals surface area (Å²) in [5.41, 5.74) is 3.29. The molecule has 2 heterocycles. The molecule has 3 rings (SSSR count). The summed E-state index contributed by atoms with van der Waals surface area (Å²) in [7, 11) is 0. The molecule has 27 heavy (non-hydrogen) atoms. The number of carbonyl (C=O) groups excluding carboxylic acids is 2. The Labute approximate surface area is 156 Å². The third kappa shape index (κ3) is 5.37. The van der Waals surface area contributed by atoms with Crippen LogP contribution in [-0.2, 0) is 11.3 Å². The Hall–Kier alpha value is -3.74. The van der Waals surface area contributed by atoms with E-state index in [0.717, 1.165) is 11.3 Å². The maximum Gasteiger partial charge on any atom is 0.274 e. The van der Waals surface area contributed by atoms with E-state index in [-0.39, 0.29) is 17.5 Å². The lowest BCUT2D eigenvalue weighted by atomic mass is 10.2. The molecule has 0 radical (unpaired) electrons.